The van der Waals surface area contributed by atoms with Crippen molar-refractivity contribution in [2.75, 3.05) is 11.9 Å². The fraction of sp³-hybridized carbons (Fsp3) is 0.545. The first-order chi connectivity index (χ1) is 7.18. The molecule has 15 heavy (non-hydrogen) atoms. The van der Waals surface area contributed by atoms with E-state index in [1.165, 1.54) is 37.0 Å². The van der Waals surface area contributed by atoms with Crippen molar-refractivity contribution < 1.29 is 9.90 Å². The maximum Gasteiger partial charge on any atom is 0.345 e. The van der Waals surface area contributed by atoms with Crippen LogP contribution in [-0.4, -0.2) is 24.2 Å². The molecule has 0 spiro atoms. The zero-order valence-corrected chi connectivity index (χ0v) is 9.59. The van der Waals surface area contributed by atoms with Crippen LogP contribution in [0.25, 0.3) is 0 Å². The largest absolute Gasteiger partial charge is 0.477 e. The van der Waals surface area contributed by atoms with Gasteiger partial charge in [0.05, 0.1) is 0 Å². The van der Waals surface area contributed by atoms with Crippen molar-refractivity contribution in [2.24, 2.45) is 0 Å². The molecule has 1 saturated carbocycles. The molecule has 0 aromatic carbocycles. The molecule has 82 valence electrons. The molecule has 0 amide bonds. The highest BCUT2D eigenvalue weighted by molar-refractivity contribution is 7.12. The monoisotopic (exact) mass is 225 g/mol. The fourth-order valence-electron chi connectivity index (χ4n) is 2.13. The van der Waals surface area contributed by atoms with E-state index in [9.17, 15) is 4.79 Å². The summed E-state index contributed by atoms with van der Waals surface area (Å²) in [5.74, 6) is -0.828. The van der Waals surface area contributed by atoms with Gasteiger partial charge >= 0.3 is 5.97 Å². The summed E-state index contributed by atoms with van der Waals surface area (Å²) in [5, 5.41) is 10.8. The Morgan fingerprint density at radius 3 is 2.73 bits per heavy atom. The minimum Gasteiger partial charge on any atom is -0.477 e. The summed E-state index contributed by atoms with van der Waals surface area (Å²) < 4.78 is 0. The molecule has 1 fully saturated rings. The lowest BCUT2D eigenvalue weighted by molar-refractivity contribution is 0.0702. The molecule has 4 heteroatoms. The Hall–Kier alpha value is -1.03. The Balaban J connectivity index is 2.10. The van der Waals surface area contributed by atoms with E-state index < -0.39 is 5.97 Å². The number of carboxylic acid groups (broad SMARTS) is 1. The predicted molar refractivity (Wildman–Crippen MR) is 61.9 cm³/mol. The van der Waals surface area contributed by atoms with Crippen LogP contribution in [0.2, 0.25) is 0 Å². The van der Waals surface area contributed by atoms with Crippen LogP contribution in [0.5, 0.6) is 0 Å². The zero-order valence-electron chi connectivity index (χ0n) is 8.77. The van der Waals surface area contributed by atoms with Gasteiger partial charge in [0.25, 0.3) is 0 Å². The van der Waals surface area contributed by atoms with Crippen molar-refractivity contribution in [3.63, 3.8) is 0 Å². The zero-order chi connectivity index (χ0) is 10.8. The summed E-state index contributed by atoms with van der Waals surface area (Å²) in [6.45, 7) is 0. The lowest BCUT2D eigenvalue weighted by atomic mass is 10.2. The molecule has 1 N–H and O–H groups in total. The number of carbonyl (C=O) groups is 1. The summed E-state index contributed by atoms with van der Waals surface area (Å²) in [5.41, 5.74) is 1.05. The molecule has 1 aliphatic rings. The number of hydrogen-bond donors (Lipinski definition) is 1. The average molecular weight is 225 g/mol. The standard InChI is InChI=1S/C11H15NO2S/c1-12(8-4-2-3-5-8)9-6-10(11(13)14)15-7-9/h6-8H,2-5H2,1H3,(H,13,14). The minimum absolute atomic E-state index is 0.426. The third-order valence-corrected chi connectivity index (χ3v) is 3.98. The van der Waals surface area contributed by atoms with Gasteiger partial charge in [0.1, 0.15) is 4.88 Å². The SMILES string of the molecule is CN(c1csc(C(=O)O)c1)C1CCCC1. The van der Waals surface area contributed by atoms with E-state index in [0.29, 0.717) is 10.9 Å². The molecule has 1 heterocycles. The van der Waals surface area contributed by atoms with Gasteiger partial charge in [0.15, 0.2) is 0 Å². The second-order valence-corrected chi connectivity index (χ2v) is 4.93. The molecule has 1 aromatic rings. The topological polar surface area (TPSA) is 40.5 Å². The molecule has 1 aromatic heterocycles. The van der Waals surface area contributed by atoms with Gasteiger partial charge in [0, 0.05) is 24.2 Å². The van der Waals surface area contributed by atoms with Crippen LogP contribution < -0.4 is 4.90 Å². The Morgan fingerprint density at radius 2 is 2.20 bits per heavy atom. The molecule has 0 bridgehead atoms. The van der Waals surface area contributed by atoms with Gasteiger partial charge in [0.2, 0.25) is 0 Å². The van der Waals surface area contributed by atoms with E-state index in [1.54, 1.807) is 6.07 Å². The van der Waals surface area contributed by atoms with Crippen molar-refractivity contribution in [1.29, 1.82) is 0 Å². The van der Waals surface area contributed by atoms with Crippen molar-refractivity contribution in [2.45, 2.75) is 31.7 Å². The molecular weight excluding hydrogens is 210 g/mol. The van der Waals surface area contributed by atoms with Gasteiger partial charge in [-0.15, -0.1) is 11.3 Å². The van der Waals surface area contributed by atoms with Gasteiger partial charge in [-0.2, -0.15) is 0 Å². The van der Waals surface area contributed by atoms with E-state index in [0.717, 1.165) is 5.69 Å². The molecule has 0 unspecified atom stereocenters. The Morgan fingerprint density at radius 1 is 1.53 bits per heavy atom. The first kappa shape index (κ1) is 10.5. The van der Waals surface area contributed by atoms with Gasteiger partial charge < -0.3 is 10.0 Å². The smallest absolute Gasteiger partial charge is 0.345 e. The Kier molecular flexibility index (Phi) is 2.95. The molecule has 0 atom stereocenters. The van der Waals surface area contributed by atoms with E-state index in [4.69, 9.17) is 5.11 Å². The highest BCUT2D eigenvalue weighted by Gasteiger charge is 2.21. The van der Waals surface area contributed by atoms with Crippen molar-refractivity contribution in [1.82, 2.24) is 0 Å². The van der Waals surface area contributed by atoms with Gasteiger partial charge in [-0.25, -0.2) is 4.79 Å². The lowest BCUT2D eigenvalue weighted by Crippen LogP contribution is -2.28. The van der Waals surface area contributed by atoms with Crippen molar-refractivity contribution >= 4 is 23.0 Å². The van der Waals surface area contributed by atoms with Gasteiger partial charge in [-0.3, -0.25) is 0 Å². The third-order valence-electron chi connectivity index (χ3n) is 3.08. The maximum absolute atomic E-state index is 10.8. The van der Waals surface area contributed by atoms with Crippen LogP contribution in [-0.2, 0) is 0 Å². The molecular formula is C11H15NO2S. The number of anilines is 1. The van der Waals surface area contributed by atoms with Crippen LogP contribution in [0, 0.1) is 0 Å². The second-order valence-electron chi connectivity index (χ2n) is 4.02. The van der Waals surface area contributed by atoms with Crippen molar-refractivity contribution in [3.05, 3.63) is 16.3 Å². The number of hydrogen-bond acceptors (Lipinski definition) is 3. The summed E-state index contributed by atoms with van der Waals surface area (Å²) in [4.78, 5) is 13.4. The highest BCUT2D eigenvalue weighted by Crippen LogP contribution is 2.29. The number of nitrogens with zero attached hydrogens (tertiary/aromatic N) is 1. The quantitative estimate of drug-likeness (QED) is 0.860. The van der Waals surface area contributed by atoms with Crippen LogP contribution in [0.15, 0.2) is 11.4 Å². The average Bonchev–Trinajstić information content (AvgIpc) is 2.88. The van der Waals surface area contributed by atoms with Crippen LogP contribution in [0.3, 0.4) is 0 Å². The minimum atomic E-state index is -0.828. The second kappa shape index (κ2) is 4.23. The van der Waals surface area contributed by atoms with Gasteiger partial charge in [-0.05, 0) is 18.9 Å². The molecule has 2 rings (SSSR count). The number of aromatic carboxylic acids is 1. The summed E-state index contributed by atoms with van der Waals surface area (Å²) >= 11 is 1.30. The third kappa shape index (κ3) is 2.15. The highest BCUT2D eigenvalue weighted by atomic mass is 32.1. The van der Waals surface area contributed by atoms with Crippen LogP contribution in [0.4, 0.5) is 5.69 Å². The van der Waals surface area contributed by atoms with Crippen molar-refractivity contribution in [3.8, 4) is 0 Å². The van der Waals surface area contributed by atoms with Gasteiger partial charge in [-0.1, -0.05) is 12.8 Å². The molecule has 1 aliphatic carbocycles. The number of carboxylic acids is 1. The van der Waals surface area contributed by atoms with E-state index >= 15 is 0 Å². The normalized spacial score (nSPS) is 16.9. The number of rotatable bonds is 3. The molecule has 3 nitrogen and oxygen atoms in total. The molecule has 0 saturated heterocycles. The predicted octanol–water partition coefficient (Wildman–Crippen LogP) is 2.83. The summed E-state index contributed by atoms with van der Waals surface area (Å²) in [6.07, 6.45) is 5.05. The first-order valence-electron chi connectivity index (χ1n) is 5.23. The van der Waals surface area contributed by atoms with Crippen LogP contribution in [0.1, 0.15) is 35.4 Å². The lowest BCUT2D eigenvalue weighted by Gasteiger charge is -2.25. The maximum atomic E-state index is 10.8. The van der Waals surface area contributed by atoms with E-state index in [1.807, 2.05) is 5.38 Å². The van der Waals surface area contributed by atoms with E-state index in [-0.39, 0.29) is 0 Å². The van der Waals surface area contributed by atoms with E-state index in [2.05, 4.69) is 11.9 Å². The molecule has 0 aliphatic heterocycles. The summed E-state index contributed by atoms with van der Waals surface area (Å²) in [6, 6.07) is 2.37. The fourth-order valence-corrected chi connectivity index (χ4v) is 2.90. The van der Waals surface area contributed by atoms with Crippen LogP contribution >= 0.6 is 11.3 Å². The Bertz CT molecular complexity index is 355. The number of thiophene rings is 1. The molecule has 0 radical (unpaired) electrons. The first-order valence-corrected chi connectivity index (χ1v) is 6.11. The Labute approximate surface area is 93.3 Å². The summed E-state index contributed by atoms with van der Waals surface area (Å²) in [7, 11) is 2.06.